The Morgan fingerprint density at radius 3 is 2.24 bits per heavy atom. The molecule has 5 aromatic rings. The SMILES string of the molecule is Cn1c2ccccc2c2cc3c(sc4ccccc43)c(C(C)(C)C)c21. The molecule has 0 aliphatic heterocycles. The Kier molecular flexibility index (Phi) is 2.91. The number of aromatic nitrogens is 1. The van der Waals surface area contributed by atoms with Crippen molar-refractivity contribution in [1.29, 1.82) is 0 Å². The molecule has 2 heterocycles. The smallest absolute Gasteiger partial charge is 0.0541 e. The first-order valence-corrected chi connectivity index (χ1v) is 9.60. The van der Waals surface area contributed by atoms with Gasteiger partial charge in [0.25, 0.3) is 0 Å². The molecule has 0 aliphatic carbocycles. The molecule has 0 atom stereocenters. The number of aryl methyl sites for hydroxylation is 1. The highest BCUT2D eigenvalue weighted by Gasteiger charge is 2.25. The molecule has 0 saturated heterocycles. The van der Waals surface area contributed by atoms with Crippen LogP contribution in [0.1, 0.15) is 26.3 Å². The van der Waals surface area contributed by atoms with Crippen LogP contribution in [0.4, 0.5) is 0 Å². The maximum absolute atomic E-state index is 2.42. The molecule has 2 aromatic heterocycles. The highest BCUT2D eigenvalue weighted by atomic mass is 32.1. The molecule has 0 amide bonds. The van der Waals surface area contributed by atoms with E-state index in [2.05, 4.69) is 87.0 Å². The Labute approximate surface area is 151 Å². The molecule has 1 nitrogen and oxygen atoms in total. The van der Waals surface area contributed by atoms with Crippen LogP contribution in [0.3, 0.4) is 0 Å². The van der Waals surface area contributed by atoms with E-state index in [1.807, 2.05) is 11.3 Å². The standard InChI is InChI=1S/C23H21NS/c1-23(2,3)20-21-16(14-9-5-7-11-18(14)24(21)4)13-17-15-10-6-8-12-19(15)25-22(17)20/h5-13H,1-4H3. The van der Waals surface area contributed by atoms with Crippen LogP contribution in [-0.2, 0) is 12.5 Å². The molecule has 0 bridgehead atoms. The van der Waals surface area contributed by atoms with Gasteiger partial charge in [0, 0.05) is 43.5 Å². The molecule has 0 fully saturated rings. The molecule has 5 rings (SSSR count). The lowest BCUT2D eigenvalue weighted by Gasteiger charge is -2.22. The second kappa shape index (κ2) is 4.86. The summed E-state index contributed by atoms with van der Waals surface area (Å²) in [6.07, 6.45) is 0. The van der Waals surface area contributed by atoms with E-state index in [-0.39, 0.29) is 5.41 Å². The summed E-state index contributed by atoms with van der Waals surface area (Å²) in [5, 5.41) is 5.50. The van der Waals surface area contributed by atoms with Gasteiger partial charge in [-0.1, -0.05) is 57.2 Å². The zero-order chi connectivity index (χ0) is 17.3. The normalized spacial score (nSPS) is 12.8. The Morgan fingerprint density at radius 2 is 1.48 bits per heavy atom. The minimum atomic E-state index is 0.0841. The van der Waals surface area contributed by atoms with E-state index in [1.54, 1.807) is 0 Å². The fourth-order valence-electron chi connectivity index (χ4n) is 4.21. The summed E-state index contributed by atoms with van der Waals surface area (Å²) < 4.78 is 5.20. The van der Waals surface area contributed by atoms with Gasteiger partial charge in [-0.25, -0.2) is 0 Å². The van der Waals surface area contributed by atoms with Gasteiger partial charge < -0.3 is 4.57 Å². The predicted molar refractivity (Wildman–Crippen MR) is 112 cm³/mol. The van der Waals surface area contributed by atoms with Crippen molar-refractivity contribution in [2.24, 2.45) is 7.05 Å². The van der Waals surface area contributed by atoms with Gasteiger partial charge >= 0.3 is 0 Å². The second-order valence-corrected chi connectivity index (χ2v) is 9.00. The summed E-state index contributed by atoms with van der Waals surface area (Å²) in [4.78, 5) is 0. The van der Waals surface area contributed by atoms with Crippen molar-refractivity contribution in [2.75, 3.05) is 0 Å². The third-order valence-corrected chi connectivity index (χ3v) is 6.49. The van der Waals surface area contributed by atoms with E-state index in [4.69, 9.17) is 0 Å². The minimum Gasteiger partial charge on any atom is -0.343 e. The van der Waals surface area contributed by atoms with Crippen molar-refractivity contribution in [3.8, 4) is 0 Å². The van der Waals surface area contributed by atoms with Crippen molar-refractivity contribution < 1.29 is 0 Å². The number of hydrogen-bond acceptors (Lipinski definition) is 1. The number of fused-ring (bicyclic) bond motifs is 6. The van der Waals surface area contributed by atoms with E-state index in [9.17, 15) is 0 Å². The van der Waals surface area contributed by atoms with Crippen LogP contribution < -0.4 is 0 Å². The molecular weight excluding hydrogens is 322 g/mol. The molecule has 3 aromatic carbocycles. The van der Waals surface area contributed by atoms with E-state index < -0.39 is 0 Å². The molecule has 0 aliphatic rings. The van der Waals surface area contributed by atoms with Gasteiger partial charge in [-0.05, 0) is 29.2 Å². The lowest BCUT2D eigenvalue weighted by atomic mass is 9.84. The van der Waals surface area contributed by atoms with Crippen LogP contribution in [0.5, 0.6) is 0 Å². The Balaban J connectivity index is 2.15. The Bertz CT molecular complexity index is 1280. The van der Waals surface area contributed by atoms with E-state index in [0.717, 1.165) is 0 Å². The third kappa shape index (κ3) is 1.95. The molecular formula is C23H21NS. The van der Waals surface area contributed by atoms with Crippen LogP contribution >= 0.6 is 11.3 Å². The van der Waals surface area contributed by atoms with Gasteiger partial charge in [0.05, 0.1) is 5.52 Å². The van der Waals surface area contributed by atoms with Crippen LogP contribution in [0, 0.1) is 0 Å². The van der Waals surface area contributed by atoms with Crippen LogP contribution in [0.25, 0.3) is 42.0 Å². The summed E-state index contributed by atoms with van der Waals surface area (Å²) in [5.74, 6) is 0. The summed E-state index contributed by atoms with van der Waals surface area (Å²) in [6, 6.07) is 20.0. The Morgan fingerprint density at radius 1 is 0.800 bits per heavy atom. The highest BCUT2D eigenvalue weighted by Crippen LogP contribution is 2.46. The van der Waals surface area contributed by atoms with Gasteiger partial charge in [-0.3, -0.25) is 0 Å². The second-order valence-electron chi connectivity index (χ2n) is 7.95. The van der Waals surface area contributed by atoms with E-state index >= 15 is 0 Å². The van der Waals surface area contributed by atoms with Gasteiger partial charge in [0.15, 0.2) is 0 Å². The first-order valence-electron chi connectivity index (χ1n) is 8.78. The monoisotopic (exact) mass is 343 g/mol. The fraction of sp³-hybridized carbons (Fsp3) is 0.217. The molecule has 0 unspecified atom stereocenters. The molecule has 0 radical (unpaired) electrons. The fourth-order valence-corrected chi connectivity index (χ4v) is 5.65. The zero-order valence-electron chi connectivity index (χ0n) is 15.1. The van der Waals surface area contributed by atoms with Gasteiger partial charge in [-0.15, -0.1) is 11.3 Å². The van der Waals surface area contributed by atoms with Crippen LogP contribution in [-0.4, -0.2) is 4.57 Å². The first-order chi connectivity index (χ1) is 12.0. The summed E-state index contributed by atoms with van der Waals surface area (Å²) in [6.45, 7) is 7.01. The topological polar surface area (TPSA) is 4.93 Å². The first kappa shape index (κ1) is 15.0. The van der Waals surface area contributed by atoms with Crippen molar-refractivity contribution in [1.82, 2.24) is 4.57 Å². The predicted octanol–water partition coefficient (Wildman–Crippen LogP) is 7.00. The van der Waals surface area contributed by atoms with Crippen molar-refractivity contribution >= 4 is 53.3 Å². The largest absolute Gasteiger partial charge is 0.343 e. The van der Waals surface area contributed by atoms with Crippen LogP contribution in [0.2, 0.25) is 0 Å². The molecule has 0 N–H and O–H groups in total. The van der Waals surface area contributed by atoms with Crippen molar-refractivity contribution in [2.45, 2.75) is 26.2 Å². The minimum absolute atomic E-state index is 0.0841. The lowest BCUT2D eigenvalue weighted by molar-refractivity contribution is 0.599. The molecule has 0 spiro atoms. The van der Waals surface area contributed by atoms with Crippen LogP contribution in [0.15, 0.2) is 54.6 Å². The van der Waals surface area contributed by atoms with Gasteiger partial charge in [0.2, 0.25) is 0 Å². The third-order valence-electron chi connectivity index (χ3n) is 5.28. The summed E-state index contributed by atoms with van der Waals surface area (Å²) in [7, 11) is 2.21. The lowest BCUT2D eigenvalue weighted by Crippen LogP contribution is -2.13. The maximum Gasteiger partial charge on any atom is 0.0541 e. The molecule has 25 heavy (non-hydrogen) atoms. The molecule has 0 saturated carbocycles. The molecule has 2 heteroatoms. The summed E-state index contributed by atoms with van der Waals surface area (Å²) in [5.41, 5.74) is 4.25. The number of nitrogens with zero attached hydrogens (tertiary/aromatic N) is 1. The van der Waals surface area contributed by atoms with Crippen molar-refractivity contribution in [3.05, 3.63) is 60.2 Å². The maximum atomic E-state index is 2.42. The molecule has 124 valence electrons. The zero-order valence-corrected chi connectivity index (χ0v) is 15.9. The Hall–Kier alpha value is -2.32. The van der Waals surface area contributed by atoms with Crippen molar-refractivity contribution in [3.63, 3.8) is 0 Å². The highest BCUT2D eigenvalue weighted by molar-refractivity contribution is 7.26. The van der Waals surface area contributed by atoms with Gasteiger partial charge in [-0.2, -0.15) is 0 Å². The quantitative estimate of drug-likeness (QED) is 0.285. The number of para-hydroxylation sites is 1. The number of rotatable bonds is 0. The van der Waals surface area contributed by atoms with E-state index in [0.29, 0.717) is 0 Å². The average Bonchev–Trinajstić information content (AvgIpc) is 3.09. The number of thiophene rings is 1. The number of benzene rings is 3. The average molecular weight is 343 g/mol. The van der Waals surface area contributed by atoms with Gasteiger partial charge in [0.1, 0.15) is 0 Å². The number of hydrogen-bond donors (Lipinski definition) is 0. The van der Waals surface area contributed by atoms with E-state index in [1.165, 1.54) is 47.5 Å². The summed E-state index contributed by atoms with van der Waals surface area (Å²) >= 11 is 1.94.